The predicted molar refractivity (Wildman–Crippen MR) is 66.9 cm³/mol. The Hall–Kier alpha value is -1.98. The van der Waals surface area contributed by atoms with Crippen LogP contribution in [0.15, 0.2) is 18.2 Å². The van der Waals surface area contributed by atoms with Crippen molar-refractivity contribution in [2.45, 2.75) is 12.1 Å². The van der Waals surface area contributed by atoms with Crippen LogP contribution in [0.3, 0.4) is 0 Å². The molecule has 1 aliphatic rings. The fraction of sp³-hybridized carbons (Fsp3) is 0.462. The van der Waals surface area contributed by atoms with Gasteiger partial charge < -0.3 is 19.9 Å². The minimum absolute atomic E-state index is 0.124. The number of carbonyl (C=O) groups is 1. The highest BCUT2D eigenvalue weighted by Crippen LogP contribution is 2.48. The standard InChI is InChI=1S/C13H16FNO4/c1-17-9-3-8(15)4-10(5-9)19-7-13(14)6-11(13)12(16)18-2/h3-5,11H,6-7,15H2,1-2H3/t11?,13-/m1/s1. The van der Waals surface area contributed by atoms with E-state index in [0.29, 0.717) is 17.2 Å². The number of hydrogen-bond donors (Lipinski definition) is 1. The molecule has 0 amide bonds. The summed E-state index contributed by atoms with van der Waals surface area (Å²) < 4.78 is 29.0. The molecule has 2 atom stereocenters. The molecular formula is C13H16FNO4. The zero-order chi connectivity index (χ0) is 14.0. The Morgan fingerprint density at radius 3 is 2.74 bits per heavy atom. The first kappa shape index (κ1) is 13.5. The van der Waals surface area contributed by atoms with Gasteiger partial charge in [0.25, 0.3) is 0 Å². The molecule has 1 saturated carbocycles. The third-order valence-corrected chi connectivity index (χ3v) is 3.11. The van der Waals surface area contributed by atoms with Crippen LogP contribution < -0.4 is 15.2 Å². The van der Waals surface area contributed by atoms with Crippen LogP contribution in [0.2, 0.25) is 0 Å². The second kappa shape index (κ2) is 4.95. The van der Waals surface area contributed by atoms with Crippen molar-refractivity contribution in [1.82, 2.24) is 0 Å². The molecule has 0 bridgehead atoms. The number of nitrogens with two attached hydrogens (primary N) is 1. The summed E-state index contributed by atoms with van der Waals surface area (Å²) >= 11 is 0. The van der Waals surface area contributed by atoms with Crippen molar-refractivity contribution in [2.24, 2.45) is 5.92 Å². The van der Waals surface area contributed by atoms with Crippen LogP contribution in [-0.2, 0) is 9.53 Å². The number of methoxy groups -OCH3 is 2. The zero-order valence-electron chi connectivity index (χ0n) is 10.8. The monoisotopic (exact) mass is 269 g/mol. The van der Waals surface area contributed by atoms with Gasteiger partial charge in [-0.25, -0.2) is 4.39 Å². The van der Waals surface area contributed by atoms with E-state index in [1.54, 1.807) is 18.2 Å². The Morgan fingerprint density at radius 1 is 1.42 bits per heavy atom. The lowest BCUT2D eigenvalue weighted by Gasteiger charge is -2.11. The Labute approximate surface area is 110 Å². The van der Waals surface area contributed by atoms with Crippen LogP contribution in [-0.4, -0.2) is 32.5 Å². The Bertz CT molecular complexity index is 494. The number of ether oxygens (including phenoxy) is 3. The molecule has 1 unspecified atom stereocenters. The van der Waals surface area contributed by atoms with E-state index >= 15 is 0 Å². The van der Waals surface area contributed by atoms with Crippen molar-refractivity contribution in [3.05, 3.63) is 18.2 Å². The fourth-order valence-electron chi connectivity index (χ4n) is 1.87. The summed E-state index contributed by atoms with van der Waals surface area (Å²) in [6.07, 6.45) is 0.124. The van der Waals surface area contributed by atoms with E-state index < -0.39 is 17.6 Å². The largest absolute Gasteiger partial charge is 0.497 e. The van der Waals surface area contributed by atoms with E-state index in [1.165, 1.54) is 14.2 Å². The lowest BCUT2D eigenvalue weighted by molar-refractivity contribution is -0.143. The smallest absolute Gasteiger partial charge is 0.312 e. The predicted octanol–water partition coefficient (Wildman–Crippen LogP) is 1.56. The second-order valence-electron chi connectivity index (χ2n) is 4.55. The molecule has 0 spiro atoms. The summed E-state index contributed by atoms with van der Waals surface area (Å²) in [5.41, 5.74) is 4.47. The minimum Gasteiger partial charge on any atom is -0.497 e. The number of hydrogen-bond acceptors (Lipinski definition) is 5. The van der Waals surface area contributed by atoms with Crippen molar-refractivity contribution in [3.8, 4) is 11.5 Å². The van der Waals surface area contributed by atoms with E-state index in [4.69, 9.17) is 15.2 Å². The van der Waals surface area contributed by atoms with Crippen molar-refractivity contribution >= 4 is 11.7 Å². The highest BCUT2D eigenvalue weighted by atomic mass is 19.1. The number of esters is 1. The van der Waals surface area contributed by atoms with Gasteiger partial charge in [-0.15, -0.1) is 0 Å². The number of benzene rings is 1. The fourth-order valence-corrected chi connectivity index (χ4v) is 1.87. The quantitative estimate of drug-likeness (QED) is 0.648. The molecule has 1 fully saturated rings. The van der Waals surface area contributed by atoms with Gasteiger partial charge in [-0.2, -0.15) is 0 Å². The van der Waals surface area contributed by atoms with Gasteiger partial charge in [0.15, 0.2) is 5.67 Å². The maximum absolute atomic E-state index is 14.1. The average Bonchev–Trinajstić information content (AvgIpc) is 3.07. The molecule has 0 heterocycles. The lowest BCUT2D eigenvalue weighted by Crippen LogP contribution is -2.21. The Balaban J connectivity index is 1.97. The molecule has 2 rings (SSSR count). The SMILES string of the molecule is COC(=O)C1C[C@@]1(F)COc1cc(N)cc(OC)c1. The number of alkyl halides is 1. The highest BCUT2D eigenvalue weighted by Gasteiger charge is 2.61. The third kappa shape index (κ3) is 2.89. The van der Waals surface area contributed by atoms with Gasteiger partial charge in [0.1, 0.15) is 18.1 Å². The number of anilines is 1. The van der Waals surface area contributed by atoms with Gasteiger partial charge in [0.05, 0.1) is 20.1 Å². The van der Waals surface area contributed by atoms with E-state index in [-0.39, 0.29) is 13.0 Å². The molecule has 19 heavy (non-hydrogen) atoms. The highest BCUT2D eigenvalue weighted by molar-refractivity contribution is 5.77. The molecule has 1 aromatic carbocycles. The van der Waals surface area contributed by atoms with E-state index in [9.17, 15) is 9.18 Å². The Morgan fingerprint density at radius 2 is 2.11 bits per heavy atom. The van der Waals surface area contributed by atoms with Gasteiger partial charge >= 0.3 is 5.97 Å². The molecule has 0 aliphatic heterocycles. The summed E-state index contributed by atoms with van der Waals surface area (Å²) in [7, 11) is 2.74. The van der Waals surface area contributed by atoms with Gasteiger partial charge in [0.2, 0.25) is 0 Å². The zero-order valence-corrected chi connectivity index (χ0v) is 10.8. The van der Waals surface area contributed by atoms with Gasteiger partial charge in [-0.1, -0.05) is 0 Å². The van der Waals surface area contributed by atoms with E-state index in [0.717, 1.165) is 0 Å². The molecule has 1 aromatic rings. The lowest BCUT2D eigenvalue weighted by atomic mass is 10.2. The summed E-state index contributed by atoms with van der Waals surface area (Å²) in [5.74, 6) is -0.343. The van der Waals surface area contributed by atoms with Gasteiger partial charge in [-0.3, -0.25) is 4.79 Å². The summed E-state index contributed by atoms with van der Waals surface area (Å²) in [5, 5.41) is 0. The second-order valence-corrected chi connectivity index (χ2v) is 4.55. The molecular weight excluding hydrogens is 253 g/mol. The van der Waals surface area contributed by atoms with Crippen LogP contribution in [0, 0.1) is 5.92 Å². The summed E-state index contributed by atoms with van der Waals surface area (Å²) in [6.45, 7) is -0.209. The third-order valence-electron chi connectivity index (χ3n) is 3.11. The maximum Gasteiger partial charge on any atom is 0.312 e. The number of nitrogen functional groups attached to an aromatic ring is 1. The Kier molecular flexibility index (Phi) is 3.50. The first-order valence-electron chi connectivity index (χ1n) is 5.82. The molecule has 1 aliphatic carbocycles. The van der Waals surface area contributed by atoms with Crippen molar-refractivity contribution < 1.29 is 23.4 Å². The first-order chi connectivity index (χ1) is 8.98. The van der Waals surface area contributed by atoms with Gasteiger partial charge in [0, 0.05) is 30.3 Å². The van der Waals surface area contributed by atoms with E-state index in [1.807, 2.05) is 0 Å². The van der Waals surface area contributed by atoms with Crippen LogP contribution >= 0.6 is 0 Å². The summed E-state index contributed by atoms with van der Waals surface area (Å²) in [4.78, 5) is 11.2. The van der Waals surface area contributed by atoms with Gasteiger partial charge in [-0.05, 0) is 0 Å². The maximum atomic E-state index is 14.1. The van der Waals surface area contributed by atoms with Crippen LogP contribution in [0.5, 0.6) is 11.5 Å². The van der Waals surface area contributed by atoms with Crippen LogP contribution in [0.25, 0.3) is 0 Å². The summed E-state index contributed by atoms with van der Waals surface area (Å²) in [6, 6.07) is 4.81. The molecule has 5 nitrogen and oxygen atoms in total. The van der Waals surface area contributed by atoms with Crippen molar-refractivity contribution in [1.29, 1.82) is 0 Å². The molecule has 6 heteroatoms. The minimum atomic E-state index is -1.65. The van der Waals surface area contributed by atoms with Crippen molar-refractivity contribution in [3.63, 3.8) is 0 Å². The molecule has 0 saturated heterocycles. The molecule has 0 radical (unpaired) electrons. The molecule has 104 valence electrons. The van der Waals surface area contributed by atoms with Crippen molar-refractivity contribution in [2.75, 3.05) is 26.6 Å². The molecule has 0 aromatic heterocycles. The van der Waals surface area contributed by atoms with Crippen LogP contribution in [0.4, 0.5) is 10.1 Å². The normalized spacial score (nSPS) is 24.7. The number of carbonyl (C=O) groups excluding carboxylic acids is 1. The average molecular weight is 269 g/mol. The molecule has 2 N–H and O–H groups in total. The van der Waals surface area contributed by atoms with E-state index in [2.05, 4.69) is 4.74 Å². The van der Waals surface area contributed by atoms with Crippen LogP contribution in [0.1, 0.15) is 6.42 Å². The number of rotatable bonds is 5. The number of halogens is 1. The topological polar surface area (TPSA) is 70.8 Å². The first-order valence-corrected chi connectivity index (χ1v) is 5.82.